The predicted octanol–water partition coefficient (Wildman–Crippen LogP) is 4.40. The first-order chi connectivity index (χ1) is 15.8. The summed E-state index contributed by atoms with van der Waals surface area (Å²) < 4.78 is 6.03. The van der Waals surface area contributed by atoms with Crippen LogP contribution in [0.5, 0.6) is 5.75 Å². The molecule has 5 rings (SSSR count). The third kappa shape index (κ3) is 4.49. The van der Waals surface area contributed by atoms with Gasteiger partial charge in [-0.1, -0.05) is 54.6 Å². The number of nitrogens with one attached hydrogen (secondary N) is 1. The number of nitrogens with zero attached hydrogens (tertiary/aromatic N) is 2. The number of benzene rings is 3. The van der Waals surface area contributed by atoms with E-state index in [1.165, 1.54) is 16.6 Å². The number of rotatable bonds is 7. The number of piperazine rings is 1. The van der Waals surface area contributed by atoms with Crippen molar-refractivity contribution in [3.8, 4) is 16.9 Å². The molecule has 164 valence electrons. The van der Waals surface area contributed by atoms with Crippen LogP contribution in [-0.2, 0) is 0 Å². The van der Waals surface area contributed by atoms with Crippen LogP contribution in [0.1, 0.15) is 0 Å². The fraction of sp³-hybridized carbons (Fsp3) is 0.259. The Hall–Kier alpha value is -3.28. The number of ether oxygens (including phenoxy) is 1. The summed E-state index contributed by atoms with van der Waals surface area (Å²) in [6.45, 7) is 4.67. The smallest absolute Gasteiger partial charge is 0.127 e. The van der Waals surface area contributed by atoms with Crippen LogP contribution in [0.3, 0.4) is 0 Å². The molecule has 2 N–H and O–H groups in total. The second kappa shape index (κ2) is 9.47. The van der Waals surface area contributed by atoms with E-state index < -0.39 is 6.10 Å². The highest BCUT2D eigenvalue weighted by atomic mass is 16.5. The lowest BCUT2D eigenvalue weighted by molar-refractivity contribution is 0.0665. The quantitative estimate of drug-likeness (QED) is 0.459. The van der Waals surface area contributed by atoms with E-state index in [0.717, 1.165) is 43.1 Å². The van der Waals surface area contributed by atoms with Crippen molar-refractivity contribution in [3.05, 3.63) is 85.1 Å². The number of hydrogen-bond acceptors (Lipinski definition) is 4. The van der Waals surface area contributed by atoms with Crippen molar-refractivity contribution in [2.75, 3.05) is 44.2 Å². The molecular weight excluding hydrogens is 398 g/mol. The maximum atomic E-state index is 10.6. The van der Waals surface area contributed by atoms with E-state index in [4.69, 9.17) is 4.74 Å². The number of anilines is 1. The summed E-state index contributed by atoms with van der Waals surface area (Å²) in [6.07, 6.45) is 1.47. The van der Waals surface area contributed by atoms with Crippen molar-refractivity contribution in [1.29, 1.82) is 0 Å². The molecule has 2 heterocycles. The number of hydrogen-bond donors (Lipinski definition) is 2. The van der Waals surface area contributed by atoms with E-state index in [1.807, 2.05) is 42.6 Å². The second-order valence-corrected chi connectivity index (χ2v) is 8.33. The molecule has 0 aliphatic carbocycles. The minimum Gasteiger partial charge on any atom is -0.490 e. The molecule has 1 aromatic heterocycles. The second-order valence-electron chi connectivity index (χ2n) is 8.33. The maximum Gasteiger partial charge on any atom is 0.127 e. The Labute approximate surface area is 188 Å². The zero-order chi connectivity index (χ0) is 21.8. The van der Waals surface area contributed by atoms with E-state index in [9.17, 15) is 5.11 Å². The molecule has 1 atom stereocenters. The van der Waals surface area contributed by atoms with Gasteiger partial charge in [0.2, 0.25) is 0 Å². The molecule has 4 aromatic rings. The molecule has 5 heteroatoms. The first-order valence-electron chi connectivity index (χ1n) is 11.3. The molecule has 1 aliphatic heterocycles. The van der Waals surface area contributed by atoms with Gasteiger partial charge in [-0.2, -0.15) is 0 Å². The molecule has 3 aromatic carbocycles. The van der Waals surface area contributed by atoms with E-state index in [-0.39, 0.29) is 6.61 Å². The molecule has 32 heavy (non-hydrogen) atoms. The SMILES string of the molecule is OC(COc1ccccc1-c1ccccc1)CN1CCN(c2cccc3[nH]ccc23)CC1. The van der Waals surface area contributed by atoms with Crippen LogP contribution < -0.4 is 9.64 Å². The van der Waals surface area contributed by atoms with Gasteiger partial charge in [-0.05, 0) is 29.8 Å². The van der Waals surface area contributed by atoms with Crippen LogP contribution in [0.15, 0.2) is 85.1 Å². The van der Waals surface area contributed by atoms with Crippen molar-refractivity contribution < 1.29 is 9.84 Å². The Kier molecular flexibility index (Phi) is 6.10. The average Bonchev–Trinajstić information content (AvgIpc) is 3.33. The minimum absolute atomic E-state index is 0.284. The van der Waals surface area contributed by atoms with Crippen LogP contribution in [-0.4, -0.2) is 60.4 Å². The van der Waals surface area contributed by atoms with E-state index in [0.29, 0.717) is 6.54 Å². The van der Waals surface area contributed by atoms with Crippen molar-refractivity contribution in [2.45, 2.75) is 6.10 Å². The molecule has 5 nitrogen and oxygen atoms in total. The third-order valence-corrected chi connectivity index (χ3v) is 6.16. The summed E-state index contributed by atoms with van der Waals surface area (Å²) in [5.74, 6) is 0.808. The number of H-pyrrole nitrogens is 1. The van der Waals surface area contributed by atoms with E-state index in [2.05, 4.69) is 57.2 Å². The fourth-order valence-corrected chi connectivity index (χ4v) is 4.50. The summed E-state index contributed by atoms with van der Waals surface area (Å²) in [5, 5.41) is 11.9. The Bertz CT molecular complexity index is 1150. The van der Waals surface area contributed by atoms with E-state index in [1.54, 1.807) is 0 Å². The van der Waals surface area contributed by atoms with Crippen LogP contribution in [0.4, 0.5) is 5.69 Å². The van der Waals surface area contributed by atoms with Gasteiger partial charge in [0, 0.05) is 61.1 Å². The topological polar surface area (TPSA) is 51.7 Å². The lowest BCUT2D eigenvalue weighted by Gasteiger charge is -2.37. The van der Waals surface area contributed by atoms with Crippen LogP contribution in [0.2, 0.25) is 0 Å². The zero-order valence-corrected chi connectivity index (χ0v) is 18.2. The largest absolute Gasteiger partial charge is 0.490 e. The Morgan fingerprint density at radius 2 is 1.62 bits per heavy atom. The van der Waals surface area contributed by atoms with Gasteiger partial charge in [-0.3, -0.25) is 4.90 Å². The summed E-state index contributed by atoms with van der Waals surface area (Å²) in [7, 11) is 0. The summed E-state index contributed by atoms with van der Waals surface area (Å²) in [4.78, 5) is 8.05. The number of aromatic nitrogens is 1. The summed E-state index contributed by atoms with van der Waals surface area (Å²) in [5.41, 5.74) is 4.62. The monoisotopic (exact) mass is 427 g/mol. The average molecular weight is 428 g/mol. The normalized spacial score (nSPS) is 15.7. The van der Waals surface area contributed by atoms with Crippen LogP contribution in [0.25, 0.3) is 22.0 Å². The number of aliphatic hydroxyl groups excluding tert-OH is 1. The Balaban J connectivity index is 1.15. The van der Waals surface area contributed by atoms with Gasteiger partial charge in [0.15, 0.2) is 0 Å². The Morgan fingerprint density at radius 3 is 2.47 bits per heavy atom. The molecule has 1 fully saturated rings. The van der Waals surface area contributed by atoms with Crippen LogP contribution >= 0.6 is 0 Å². The van der Waals surface area contributed by atoms with Gasteiger partial charge in [0.05, 0.1) is 0 Å². The highest BCUT2D eigenvalue weighted by Crippen LogP contribution is 2.30. The first-order valence-corrected chi connectivity index (χ1v) is 11.3. The fourth-order valence-electron chi connectivity index (χ4n) is 4.50. The number of fused-ring (bicyclic) bond motifs is 1. The van der Waals surface area contributed by atoms with Gasteiger partial charge < -0.3 is 19.7 Å². The van der Waals surface area contributed by atoms with Crippen LogP contribution in [0, 0.1) is 0 Å². The molecule has 0 radical (unpaired) electrons. The highest BCUT2D eigenvalue weighted by molar-refractivity contribution is 5.92. The van der Waals surface area contributed by atoms with E-state index >= 15 is 0 Å². The van der Waals surface area contributed by atoms with Crippen molar-refractivity contribution in [3.63, 3.8) is 0 Å². The third-order valence-electron chi connectivity index (χ3n) is 6.16. The van der Waals surface area contributed by atoms with Crippen molar-refractivity contribution in [2.24, 2.45) is 0 Å². The summed E-state index contributed by atoms with van der Waals surface area (Å²) >= 11 is 0. The minimum atomic E-state index is -0.529. The van der Waals surface area contributed by atoms with Gasteiger partial charge >= 0.3 is 0 Å². The van der Waals surface area contributed by atoms with Crippen molar-refractivity contribution >= 4 is 16.6 Å². The number of para-hydroxylation sites is 1. The highest BCUT2D eigenvalue weighted by Gasteiger charge is 2.21. The maximum absolute atomic E-state index is 10.6. The number of aromatic amines is 1. The number of β-amino-alcohol motifs (C(OH)–C–C–N with tert-alkyl or cyclic N) is 1. The van der Waals surface area contributed by atoms with Crippen molar-refractivity contribution in [1.82, 2.24) is 9.88 Å². The zero-order valence-electron chi connectivity index (χ0n) is 18.2. The molecule has 1 saturated heterocycles. The molecule has 1 aliphatic rings. The molecule has 0 spiro atoms. The lowest BCUT2D eigenvalue weighted by atomic mass is 10.1. The van der Waals surface area contributed by atoms with Gasteiger partial charge in [0.1, 0.15) is 18.5 Å². The van der Waals surface area contributed by atoms with Gasteiger partial charge in [-0.15, -0.1) is 0 Å². The van der Waals surface area contributed by atoms with Gasteiger partial charge in [-0.25, -0.2) is 0 Å². The number of aliphatic hydroxyl groups is 1. The Morgan fingerprint density at radius 1 is 0.844 bits per heavy atom. The first kappa shape index (κ1) is 20.6. The lowest BCUT2D eigenvalue weighted by Crippen LogP contribution is -2.49. The predicted molar refractivity (Wildman–Crippen MR) is 130 cm³/mol. The molecule has 0 saturated carbocycles. The molecule has 1 unspecified atom stereocenters. The molecule has 0 bridgehead atoms. The molecular formula is C27H29N3O2. The van der Waals surface area contributed by atoms with Gasteiger partial charge in [0.25, 0.3) is 0 Å². The molecule has 0 amide bonds. The standard InChI is InChI=1S/C27H29N3O2/c31-22(20-32-27-12-5-4-9-23(27)21-7-2-1-3-8-21)19-29-15-17-30(18-16-29)26-11-6-10-25-24(26)13-14-28-25/h1-14,22,28,31H,15-20H2. The summed E-state index contributed by atoms with van der Waals surface area (Å²) in [6, 6.07) is 26.8.